The van der Waals surface area contributed by atoms with Crippen LogP contribution < -0.4 is 10.9 Å². The zero-order valence-electron chi connectivity index (χ0n) is 21.9. The van der Waals surface area contributed by atoms with E-state index >= 15 is 0 Å². The third-order valence-electron chi connectivity index (χ3n) is 6.52. The molecule has 192 valence electrons. The van der Waals surface area contributed by atoms with Gasteiger partial charge in [0.25, 0.3) is 5.56 Å². The Balaban J connectivity index is 1.56. The molecule has 1 N–H and O–H groups in total. The highest BCUT2D eigenvalue weighted by molar-refractivity contribution is 7.99. The molecule has 3 aromatic carbocycles. The van der Waals surface area contributed by atoms with Gasteiger partial charge in [0.1, 0.15) is 4.70 Å². The first kappa shape index (κ1) is 25.9. The van der Waals surface area contributed by atoms with E-state index in [2.05, 4.69) is 12.2 Å². The number of amides is 1. The van der Waals surface area contributed by atoms with Gasteiger partial charge in [-0.2, -0.15) is 0 Å². The van der Waals surface area contributed by atoms with Gasteiger partial charge < -0.3 is 5.32 Å². The van der Waals surface area contributed by atoms with Crippen molar-refractivity contribution in [1.29, 1.82) is 0 Å². The molecule has 5 rings (SSSR count). The molecular weight excluding hydrogens is 510 g/mol. The highest BCUT2D eigenvalue weighted by atomic mass is 32.2. The van der Waals surface area contributed by atoms with Crippen LogP contribution in [0.15, 0.2) is 82.7 Å². The summed E-state index contributed by atoms with van der Waals surface area (Å²) < 4.78 is 2.27. The lowest BCUT2D eigenvalue weighted by atomic mass is 10.1. The van der Waals surface area contributed by atoms with E-state index in [1.165, 1.54) is 23.1 Å². The number of nitrogens with zero attached hydrogens (tertiary/aromatic N) is 2. The van der Waals surface area contributed by atoms with Crippen LogP contribution in [0.25, 0.3) is 26.3 Å². The zero-order valence-corrected chi connectivity index (χ0v) is 23.5. The lowest BCUT2D eigenvalue weighted by molar-refractivity contribution is -0.113. The number of aromatic nitrogens is 2. The molecule has 0 saturated heterocycles. The Morgan fingerprint density at radius 3 is 2.53 bits per heavy atom. The van der Waals surface area contributed by atoms with Crippen LogP contribution in [0.1, 0.15) is 29.2 Å². The summed E-state index contributed by atoms with van der Waals surface area (Å²) in [5.74, 6) is 0.00634. The molecule has 0 unspecified atom stereocenters. The molecule has 0 bridgehead atoms. The van der Waals surface area contributed by atoms with E-state index in [0.717, 1.165) is 50.5 Å². The monoisotopic (exact) mass is 539 g/mol. The second-order valence-electron chi connectivity index (χ2n) is 9.32. The first-order chi connectivity index (χ1) is 18.4. The average molecular weight is 540 g/mol. The van der Waals surface area contributed by atoms with Gasteiger partial charge in [-0.15, -0.1) is 11.3 Å². The lowest BCUT2D eigenvalue weighted by Gasteiger charge is -2.16. The molecule has 0 spiro atoms. The maximum Gasteiger partial charge on any atom is 0.276 e. The van der Waals surface area contributed by atoms with E-state index in [1.54, 1.807) is 4.57 Å². The lowest BCUT2D eigenvalue weighted by Crippen LogP contribution is -2.23. The zero-order chi connectivity index (χ0) is 26.8. The molecule has 7 heteroatoms. The van der Waals surface area contributed by atoms with Crippen LogP contribution >= 0.6 is 23.1 Å². The molecular formula is C31H29N3O2S2. The minimum absolute atomic E-state index is 0.119. The molecule has 0 saturated carbocycles. The van der Waals surface area contributed by atoms with Gasteiger partial charge in [0.15, 0.2) is 5.16 Å². The summed E-state index contributed by atoms with van der Waals surface area (Å²) in [6.45, 7) is 8.06. The number of fused-ring (bicyclic) bond motifs is 1. The molecule has 5 nitrogen and oxygen atoms in total. The minimum atomic E-state index is -0.129. The largest absolute Gasteiger partial charge is 0.325 e. The minimum Gasteiger partial charge on any atom is -0.325 e. The molecule has 0 aliphatic carbocycles. The predicted octanol–water partition coefficient (Wildman–Crippen LogP) is 7.33. The van der Waals surface area contributed by atoms with Gasteiger partial charge in [-0.1, -0.05) is 79.3 Å². The Hall–Kier alpha value is -3.68. The number of aryl methyl sites for hydroxylation is 4. The van der Waals surface area contributed by atoms with Gasteiger partial charge in [-0.3, -0.25) is 14.2 Å². The normalized spacial score (nSPS) is 11.2. The van der Waals surface area contributed by atoms with E-state index in [0.29, 0.717) is 15.4 Å². The molecule has 1 amide bonds. The van der Waals surface area contributed by atoms with E-state index in [-0.39, 0.29) is 17.2 Å². The van der Waals surface area contributed by atoms with Crippen LogP contribution in [0.2, 0.25) is 0 Å². The summed E-state index contributed by atoms with van der Waals surface area (Å²) in [5, 5.41) is 3.59. The second-order valence-corrected chi connectivity index (χ2v) is 11.3. The van der Waals surface area contributed by atoms with Crippen molar-refractivity contribution in [3.8, 4) is 16.1 Å². The summed E-state index contributed by atoms with van der Waals surface area (Å²) in [5.41, 5.74) is 7.37. The average Bonchev–Trinajstić information content (AvgIpc) is 3.35. The number of hydrogen-bond acceptors (Lipinski definition) is 5. The van der Waals surface area contributed by atoms with Crippen molar-refractivity contribution in [1.82, 2.24) is 9.55 Å². The Kier molecular flexibility index (Phi) is 7.49. The quantitative estimate of drug-likeness (QED) is 0.174. The molecule has 38 heavy (non-hydrogen) atoms. The number of thioether (sulfide) groups is 1. The van der Waals surface area contributed by atoms with E-state index in [4.69, 9.17) is 4.98 Å². The number of nitrogens with one attached hydrogen (secondary N) is 1. The molecule has 2 heterocycles. The van der Waals surface area contributed by atoms with Crippen LogP contribution in [0.5, 0.6) is 0 Å². The highest BCUT2D eigenvalue weighted by Crippen LogP contribution is 2.33. The van der Waals surface area contributed by atoms with Crippen molar-refractivity contribution in [2.45, 2.75) is 39.3 Å². The fourth-order valence-electron chi connectivity index (χ4n) is 4.48. The summed E-state index contributed by atoms with van der Waals surface area (Å²) in [6.07, 6.45) is 0.830. The molecule has 0 aliphatic rings. The Morgan fingerprint density at radius 1 is 0.974 bits per heavy atom. The van der Waals surface area contributed by atoms with Gasteiger partial charge in [0.05, 0.1) is 17.0 Å². The van der Waals surface area contributed by atoms with Crippen LogP contribution in [0, 0.1) is 20.8 Å². The number of rotatable bonds is 7. The molecule has 0 fully saturated rings. The smallest absolute Gasteiger partial charge is 0.276 e. The number of carbonyl (C=O) groups is 1. The predicted molar refractivity (Wildman–Crippen MR) is 160 cm³/mol. The Bertz CT molecular complexity index is 1700. The van der Waals surface area contributed by atoms with Gasteiger partial charge >= 0.3 is 0 Å². The number of hydrogen-bond donors (Lipinski definition) is 1. The van der Waals surface area contributed by atoms with Crippen LogP contribution in [-0.4, -0.2) is 21.2 Å². The third-order valence-corrected chi connectivity index (χ3v) is 8.62. The fraction of sp³-hybridized carbons (Fsp3) is 0.194. The summed E-state index contributed by atoms with van der Waals surface area (Å²) in [7, 11) is 0. The second kappa shape index (κ2) is 11.0. The summed E-state index contributed by atoms with van der Waals surface area (Å²) >= 11 is 2.73. The number of carbonyl (C=O) groups excluding carboxylic acids is 1. The molecule has 0 atom stereocenters. The van der Waals surface area contributed by atoms with Crippen molar-refractivity contribution >= 4 is 44.9 Å². The Labute approximate surface area is 230 Å². The van der Waals surface area contributed by atoms with E-state index < -0.39 is 0 Å². The number of benzene rings is 3. The van der Waals surface area contributed by atoms with Crippen molar-refractivity contribution in [2.24, 2.45) is 0 Å². The molecule has 0 radical (unpaired) electrons. The maximum absolute atomic E-state index is 13.9. The number of para-hydroxylation sites is 1. The third kappa shape index (κ3) is 5.17. The number of thiophene rings is 1. The van der Waals surface area contributed by atoms with E-state index in [1.807, 2.05) is 93.6 Å². The highest BCUT2D eigenvalue weighted by Gasteiger charge is 2.19. The summed E-state index contributed by atoms with van der Waals surface area (Å²) in [4.78, 5) is 32.9. The van der Waals surface area contributed by atoms with Gasteiger partial charge in [-0.05, 0) is 67.1 Å². The first-order valence-electron chi connectivity index (χ1n) is 12.6. The van der Waals surface area contributed by atoms with Crippen molar-refractivity contribution in [2.75, 3.05) is 11.1 Å². The topological polar surface area (TPSA) is 64.0 Å². The standard InChI is InChI=1S/C31H29N3O2S2/c1-5-22-13-9-10-21(4)28(22)33-27(35)18-37-31-32-24-17-26(23-11-7-6-8-12-23)38-29(24)30(36)34(31)25-16-19(2)14-15-20(25)3/h6-17H,5,18H2,1-4H3,(H,33,35). The first-order valence-corrected chi connectivity index (χ1v) is 14.4. The van der Waals surface area contributed by atoms with Crippen LogP contribution in [-0.2, 0) is 11.2 Å². The maximum atomic E-state index is 13.9. The molecule has 0 aliphatic heterocycles. The SMILES string of the molecule is CCc1cccc(C)c1NC(=O)CSc1nc2cc(-c3ccccc3)sc2c(=O)n1-c1cc(C)ccc1C. The van der Waals surface area contributed by atoms with Gasteiger partial charge in [0, 0.05) is 10.6 Å². The fourth-order valence-corrected chi connectivity index (χ4v) is 6.32. The number of anilines is 1. The van der Waals surface area contributed by atoms with Gasteiger partial charge in [-0.25, -0.2) is 4.98 Å². The van der Waals surface area contributed by atoms with Crippen molar-refractivity contribution in [3.63, 3.8) is 0 Å². The van der Waals surface area contributed by atoms with Crippen LogP contribution in [0.4, 0.5) is 5.69 Å². The molecule has 2 aromatic heterocycles. The summed E-state index contributed by atoms with van der Waals surface area (Å²) in [6, 6.07) is 24.1. The van der Waals surface area contributed by atoms with Crippen molar-refractivity contribution in [3.05, 3.63) is 105 Å². The Morgan fingerprint density at radius 2 is 1.76 bits per heavy atom. The van der Waals surface area contributed by atoms with Gasteiger partial charge in [0.2, 0.25) is 5.91 Å². The van der Waals surface area contributed by atoms with E-state index in [9.17, 15) is 9.59 Å². The van der Waals surface area contributed by atoms with Crippen LogP contribution in [0.3, 0.4) is 0 Å². The molecule has 5 aromatic rings. The van der Waals surface area contributed by atoms with Crippen molar-refractivity contribution < 1.29 is 4.79 Å².